The SMILES string of the molecule is C=CCCCOc1cc(N2CCCN(Cc3cc(F)ccc3OC)C2=O)ccc1OC. The zero-order valence-electron chi connectivity index (χ0n) is 18.1. The number of nitrogens with zero attached hydrogens (tertiary/aromatic N) is 2. The van der Waals surface area contributed by atoms with Gasteiger partial charge in [-0.05, 0) is 49.6 Å². The second kappa shape index (κ2) is 10.7. The number of carbonyl (C=O) groups is 1. The molecule has 1 saturated heterocycles. The molecular formula is C24H29FN2O4. The molecular weight excluding hydrogens is 399 g/mol. The average molecular weight is 429 g/mol. The molecule has 31 heavy (non-hydrogen) atoms. The number of amides is 2. The van der Waals surface area contributed by atoms with E-state index in [1.807, 2.05) is 18.2 Å². The van der Waals surface area contributed by atoms with Crippen molar-refractivity contribution in [3.05, 3.63) is 60.4 Å². The Bertz CT molecular complexity index is 918. The van der Waals surface area contributed by atoms with Gasteiger partial charge in [0.05, 0.1) is 27.4 Å². The number of unbranched alkanes of at least 4 members (excludes halogenated alkanes) is 1. The molecule has 2 amide bonds. The van der Waals surface area contributed by atoms with Gasteiger partial charge in [-0.15, -0.1) is 6.58 Å². The van der Waals surface area contributed by atoms with E-state index in [4.69, 9.17) is 14.2 Å². The first-order valence-corrected chi connectivity index (χ1v) is 10.4. The van der Waals surface area contributed by atoms with Gasteiger partial charge in [-0.2, -0.15) is 0 Å². The highest BCUT2D eigenvalue weighted by molar-refractivity contribution is 5.93. The largest absolute Gasteiger partial charge is 0.496 e. The molecule has 0 saturated carbocycles. The van der Waals surface area contributed by atoms with E-state index >= 15 is 0 Å². The number of halogens is 1. The zero-order valence-corrected chi connectivity index (χ0v) is 18.1. The Morgan fingerprint density at radius 2 is 1.84 bits per heavy atom. The van der Waals surface area contributed by atoms with Gasteiger partial charge in [0.25, 0.3) is 0 Å². The van der Waals surface area contributed by atoms with E-state index in [1.54, 1.807) is 29.0 Å². The standard InChI is InChI=1S/C24H29FN2O4/c1-4-5-6-14-31-23-16-20(9-11-22(23)30-3)27-13-7-12-26(24(27)28)17-18-15-19(25)8-10-21(18)29-2/h4,8-11,15-16H,1,5-7,12-14,17H2,2-3H3. The van der Waals surface area contributed by atoms with Crippen molar-refractivity contribution in [2.24, 2.45) is 0 Å². The number of rotatable bonds is 10. The van der Waals surface area contributed by atoms with Crippen LogP contribution in [0.2, 0.25) is 0 Å². The van der Waals surface area contributed by atoms with Crippen molar-refractivity contribution < 1.29 is 23.4 Å². The summed E-state index contributed by atoms with van der Waals surface area (Å²) < 4.78 is 30.4. The maximum Gasteiger partial charge on any atom is 0.324 e. The summed E-state index contributed by atoms with van der Waals surface area (Å²) in [7, 11) is 3.13. The molecule has 0 aromatic heterocycles. The van der Waals surface area contributed by atoms with Crippen LogP contribution >= 0.6 is 0 Å². The lowest BCUT2D eigenvalue weighted by molar-refractivity contribution is 0.191. The first kappa shape index (κ1) is 22.5. The smallest absolute Gasteiger partial charge is 0.324 e. The molecule has 1 aliphatic rings. The van der Waals surface area contributed by atoms with Gasteiger partial charge in [0.1, 0.15) is 11.6 Å². The van der Waals surface area contributed by atoms with Gasteiger partial charge < -0.3 is 19.1 Å². The summed E-state index contributed by atoms with van der Waals surface area (Å²) in [5.41, 5.74) is 1.37. The third-order valence-corrected chi connectivity index (χ3v) is 5.18. The lowest BCUT2D eigenvalue weighted by Crippen LogP contribution is -2.49. The second-order valence-corrected chi connectivity index (χ2v) is 7.28. The minimum atomic E-state index is -0.356. The van der Waals surface area contributed by atoms with Crippen LogP contribution in [-0.2, 0) is 6.54 Å². The first-order valence-electron chi connectivity index (χ1n) is 10.4. The van der Waals surface area contributed by atoms with E-state index in [0.29, 0.717) is 42.5 Å². The monoisotopic (exact) mass is 428 g/mol. The lowest BCUT2D eigenvalue weighted by atomic mass is 10.1. The molecule has 2 aromatic rings. The Morgan fingerprint density at radius 1 is 1.06 bits per heavy atom. The summed E-state index contributed by atoms with van der Waals surface area (Å²) in [5, 5.41) is 0. The Morgan fingerprint density at radius 3 is 2.58 bits per heavy atom. The maximum atomic E-state index is 13.7. The number of hydrogen-bond donors (Lipinski definition) is 0. The molecule has 166 valence electrons. The molecule has 0 radical (unpaired) electrons. The van der Waals surface area contributed by atoms with Crippen LogP contribution in [0.25, 0.3) is 0 Å². The fraction of sp³-hybridized carbons (Fsp3) is 0.375. The number of hydrogen-bond acceptors (Lipinski definition) is 4. The van der Waals surface area contributed by atoms with Crippen LogP contribution in [0.15, 0.2) is 49.1 Å². The summed E-state index contributed by atoms with van der Waals surface area (Å²) in [6, 6.07) is 9.68. The lowest BCUT2D eigenvalue weighted by Gasteiger charge is -2.36. The van der Waals surface area contributed by atoms with Crippen molar-refractivity contribution in [3.8, 4) is 17.2 Å². The van der Waals surface area contributed by atoms with Gasteiger partial charge in [0.15, 0.2) is 11.5 Å². The van der Waals surface area contributed by atoms with Crippen molar-refractivity contribution in [2.75, 3.05) is 38.8 Å². The molecule has 0 spiro atoms. The summed E-state index contributed by atoms with van der Waals surface area (Å²) in [5.74, 6) is 1.42. The summed E-state index contributed by atoms with van der Waals surface area (Å²) in [4.78, 5) is 16.6. The minimum absolute atomic E-state index is 0.139. The van der Waals surface area contributed by atoms with Crippen molar-refractivity contribution in [1.82, 2.24) is 4.90 Å². The van der Waals surface area contributed by atoms with E-state index in [-0.39, 0.29) is 18.4 Å². The van der Waals surface area contributed by atoms with Crippen LogP contribution in [-0.4, -0.2) is 44.8 Å². The second-order valence-electron chi connectivity index (χ2n) is 7.28. The molecule has 1 heterocycles. The Labute approximate surface area is 182 Å². The van der Waals surface area contributed by atoms with Gasteiger partial charge in [-0.25, -0.2) is 9.18 Å². The molecule has 1 fully saturated rings. The molecule has 0 N–H and O–H groups in total. The van der Waals surface area contributed by atoms with Gasteiger partial charge in [-0.3, -0.25) is 4.90 Å². The topological polar surface area (TPSA) is 51.2 Å². The molecule has 7 heteroatoms. The van der Waals surface area contributed by atoms with Gasteiger partial charge in [0.2, 0.25) is 0 Å². The third kappa shape index (κ3) is 5.48. The number of carbonyl (C=O) groups excluding carboxylic acids is 1. The summed E-state index contributed by atoms with van der Waals surface area (Å²) >= 11 is 0. The Hall–Kier alpha value is -3.22. The predicted octanol–water partition coefficient (Wildman–Crippen LogP) is 5.02. The van der Waals surface area contributed by atoms with Gasteiger partial charge in [-0.1, -0.05) is 6.08 Å². The maximum absolute atomic E-state index is 13.7. The van der Waals surface area contributed by atoms with Crippen molar-refractivity contribution in [3.63, 3.8) is 0 Å². The van der Waals surface area contributed by atoms with Crippen LogP contribution in [0.1, 0.15) is 24.8 Å². The fourth-order valence-electron chi connectivity index (χ4n) is 3.60. The molecule has 2 aromatic carbocycles. The van der Waals surface area contributed by atoms with Crippen LogP contribution < -0.4 is 19.1 Å². The van der Waals surface area contributed by atoms with Crippen molar-refractivity contribution in [2.45, 2.75) is 25.8 Å². The summed E-state index contributed by atoms with van der Waals surface area (Å²) in [6.45, 7) is 5.71. The highest BCUT2D eigenvalue weighted by Crippen LogP contribution is 2.33. The molecule has 0 atom stereocenters. The molecule has 3 rings (SSSR count). The number of methoxy groups -OCH3 is 2. The predicted molar refractivity (Wildman–Crippen MR) is 119 cm³/mol. The van der Waals surface area contributed by atoms with Crippen LogP contribution in [0.4, 0.5) is 14.9 Å². The molecule has 0 bridgehead atoms. The molecule has 1 aliphatic heterocycles. The van der Waals surface area contributed by atoms with Crippen LogP contribution in [0.3, 0.4) is 0 Å². The van der Waals surface area contributed by atoms with Gasteiger partial charge in [0, 0.05) is 30.4 Å². The van der Waals surface area contributed by atoms with E-state index in [2.05, 4.69) is 6.58 Å². The number of ether oxygens (including phenoxy) is 3. The van der Waals surface area contributed by atoms with Crippen molar-refractivity contribution in [1.29, 1.82) is 0 Å². The van der Waals surface area contributed by atoms with E-state index < -0.39 is 0 Å². The fourth-order valence-corrected chi connectivity index (χ4v) is 3.60. The third-order valence-electron chi connectivity index (χ3n) is 5.18. The number of benzene rings is 2. The average Bonchev–Trinajstić information content (AvgIpc) is 2.78. The zero-order chi connectivity index (χ0) is 22.2. The van der Waals surface area contributed by atoms with E-state index in [0.717, 1.165) is 24.9 Å². The van der Waals surface area contributed by atoms with E-state index in [9.17, 15) is 9.18 Å². The summed E-state index contributed by atoms with van der Waals surface area (Å²) in [6.07, 6.45) is 4.37. The first-order chi connectivity index (χ1) is 15.1. The Balaban J connectivity index is 1.77. The van der Waals surface area contributed by atoms with Gasteiger partial charge >= 0.3 is 6.03 Å². The molecule has 0 unspecified atom stereocenters. The minimum Gasteiger partial charge on any atom is -0.496 e. The normalized spacial score (nSPS) is 13.8. The highest BCUT2D eigenvalue weighted by Gasteiger charge is 2.28. The number of anilines is 1. The number of allylic oxidation sites excluding steroid dienone is 1. The van der Waals surface area contributed by atoms with Crippen LogP contribution in [0, 0.1) is 5.82 Å². The number of urea groups is 1. The quantitative estimate of drug-likeness (QED) is 0.394. The van der Waals surface area contributed by atoms with E-state index in [1.165, 1.54) is 19.2 Å². The highest BCUT2D eigenvalue weighted by atomic mass is 19.1. The van der Waals surface area contributed by atoms with Crippen LogP contribution in [0.5, 0.6) is 17.2 Å². The molecule has 6 nitrogen and oxygen atoms in total. The Kier molecular flexibility index (Phi) is 7.76. The molecule has 0 aliphatic carbocycles. The van der Waals surface area contributed by atoms with Crippen molar-refractivity contribution >= 4 is 11.7 Å².